The maximum absolute atomic E-state index is 13.8. The van der Waals surface area contributed by atoms with Crippen molar-refractivity contribution in [3.8, 4) is 11.5 Å². The van der Waals surface area contributed by atoms with Crippen molar-refractivity contribution >= 4 is 5.78 Å². The van der Waals surface area contributed by atoms with Gasteiger partial charge in [0.15, 0.2) is 17.3 Å². The molecular weight excluding hydrogens is 309 g/mol. The summed E-state index contributed by atoms with van der Waals surface area (Å²) >= 11 is 0. The normalized spacial score (nSPS) is 11.9. The number of hydrogen-bond acceptors (Lipinski definition) is 4. The predicted molar refractivity (Wildman–Crippen MR) is 91.2 cm³/mol. The number of methoxy groups -OCH3 is 2. The van der Waals surface area contributed by atoms with Gasteiger partial charge in [0.2, 0.25) is 0 Å². The minimum absolute atomic E-state index is 0.00387. The molecule has 0 aromatic heterocycles. The Morgan fingerprint density at radius 1 is 1.12 bits per heavy atom. The van der Waals surface area contributed by atoms with Crippen molar-refractivity contribution in [3.05, 3.63) is 58.9 Å². The molecule has 0 aliphatic heterocycles. The minimum atomic E-state index is -0.389. The molecule has 1 atom stereocenters. The van der Waals surface area contributed by atoms with Gasteiger partial charge in [-0.15, -0.1) is 0 Å². The monoisotopic (exact) mass is 331 g/mol. The summed E-state index contributed by atoms with van der Waals surface area (Å²) < 4.78 is 24.1. The average molecular weight is 331 g/mol. The van der Waals surface area contributed by atoms with Gasteiger partial charge in [-0.05, 0) is 49.7 Å². The van der Waals surface area contributed by atoms with Crippen molar-refractivity contribution in [3.63, 3.8) is 0 Å². The largest absolute Gasteiger partial charge is 0.496 e. The van der Waals surface area contributed by atoms with Gasteiger partial charge in [-0.2, -0.15) is 0 Å². The highest BCUT2D eigenvalue weighted by Gasteiger charge is 2.12. The van der Waals surface area contributed by atoms with Crippen LogP contribution in [-0.2, 0) is 6.54 Å². The lowest BCUT2D eigenvalue weighted by Gasteiger charge is -2.17. The molecule has 0 saturated heterocycles. The van der Waals surface area contributed by atoms with Crippen LogP contribution in [0.3, 0.4) is 0 Å². The summed E-state index contributed by atoms with van der Waals surface area (Å²) in [4.78, 5) is 11.5. The molecule has 5 heteroatoms. The molecular formula is C19H22FNO3. The lowest BCUT2D eigenvalue weighted by molar-refractivity contribution is 0.101. The third-order valence-corrected chi connectivity index (χ3v) is 3.96. The molecule has 2 rings (SSSR count). The summed E-state index contributed by atoms with van der Waals surface area (Å²) in [5, 5.41) is 3.32. The molecule has 24 heavy (non-hydrogen) atoms. The maximum atomic E-state index is 13.8. The van der Waals surface area contributed by atoms with Crippen LogP contribution in [-0.4, -0.2) is 20.0 Å². The summed E-state index contributed by atoms with van der Waals surface area (Å²) in [6, 6.07) is 10.2. The van der Waals surface area contributed by atoms with E-state index in [4.69, 9.17) is 9.47 Å². The number of ether oxygens (including phenoxy) is 2. The van der Waals surface area contributed by atoms with Crippen LogP contribution in [0.1, 0.15) is 41.4 Å². The van der Waals surface area contributed by atoms with E-state index in [1.165, 1.54) is 20.1 Å². The number of nitrogens with one attached hydrogen (secondary N) is 1. The Morgan fingerprint density at radius 3 is 2.38 bits per heavy atom. The van der Waals surface area contributed by atoms with Crippen LogP contribution >= 0.6 is 0 Å². The second-order valence-electron chi connectivity index (χ2n) is 5.58. The van der Waals surface area contributed by atoms with E-state index in [2.05, 4.69) is 5.32 Å². The van der Waals surface area contributed by atoms with Gasteiger partial charge in [-0.3, -0.25) is 4.79 Å². The van der Waals surface area contributed by atoms with Crippen LogP contribution in [0.5, 0.6) is 11.5 Å². The van der Waals surface area contributed by atoms with Gasteiger partial charge in [0.05, 0.1) is 14.2 Å². The number of carbonyl (C=O) groups is 1. The van der Waals surface area contributed by atoms with Crippen molar-refractivity contribution in [1.82, 2.24) is 5.32 Å². The van der Waals surface area contributed by atoms with Gasteiger partial charge in [-0.1, -0.05) is 6.07 Å². The smallest absolute Gasteiger partial charge is 0.165 e. The van der Waals surface area contributed by atoms with Crippen LogP contribution in [0.15, 0.2) is 36.4 Å². The van der Waals surface area contributed by atoms with Crippen molar-refractivity contribution < 1.29 is 18.7 Å². The Labute approximate surface area is 141 Å². The van der Waals surface area contributed by atoms with E-state index >= 15 is 0 Å². The Balaban J connectivity index is 2.13. The number of ketones is 1. The Hall–Kier alpha value is -2.40. The average Bonchev–Trinajstić information content (AvgIpc) is 2.59. The molecule has 0 saturated carbocycles. The molecule has 0 aliphatic rings. The highest BCUT2D eigenvalue weighted by Crippen LogP contribution is 2.24. The van der Waals surface area contributed by atoms with E-state index in [0.717, 1.165) is 11.1 Å². The number of hydrogen-bond donors (Lipinski definition) is 1. The lowest BCUT2D eigenvalue weighted by Crippen LogP contribution is -2.19. The molecule has 0 spiro atoms. The fourth-order valence-corrected chi connectivity index (χ4v) is 2.47. The molecule has 1 N–H and O–H groups in total. The van der Waals surface area contributed by atoms with E-state index < -0.39 is 0 Å². The summed E-state index contributed by atoms with van der Waals surface area (Å²) in [5.74, 6) is 0.548. The zero-order valence-corrected chi connectivity index (χ0v) is 14.4. The fourth-order valence-electron chi connectivity index (χ4n) is 2.47. The molecule has 0 bridgehead atoms. The Morgan fingerprint density at radius 2 is 1.79 bits per heavy atom. The van der Waals surface area contributed by atoms with Gasteiger partial charge >= 0.3 is 0 Å². The van der Waals surface area contributed by atoms with Crippen LogP contribution in [0.2, 0.25) is 0 Å². The topological polar surface area (TPSA) is 47.6 Å². The van der Waals surface area contributed by atoms with E-state index in [1.54, 1.807) is 25.3 Å². The molecule has 0 fully saturated rings. The van der Waals surface area contributed by atoms with Crippen LogP contribution in [0.25, 0.3) is 0 Å². The number of benzene rings is 2. The van der Waals surface area contributed by atoms with Gasteiger partial charge in [-0.25, -0.2) is 4.39 Å². The SMILES string of the molecule is COc1ccc(C(C)NCc2cc(C(C)=O)ccc2OC)cc1F. The van der Waals surface area contributed by atoms with Crippen LogP contribution in [0.4, 0.5) is 4.39 Å². The van der Waals surface area contributed by atoms with Crippen molar-refractivity contribution in [2.75, 3.05) is 14.2 Å². The van der Waals surface area contributed by atoms with E-state index in [1.807, 2.05) is 19.1 Å². The van der Waals surface area contributed by atoms with Crippen molar-refractivity contribution in [2.24, 2.45) is 0 Å². The zero-order valence-electron chi connectivity index (χ0n) is 14.4. The summed E-state index contributed by atoms with van der Waals surface area (Å²) in [6.07, 6.45) is 0. The quantitative estimate of drug-likeness (QED) is 0.782. The van der Waals surface area contributed by atoms with Crippen molar-refractivity contribution in [2.45, 2.75) is 26.4 Å². The predicted octanol–water partition coefficient (Wildman–Crippen LogP) is 3.90. The van der Waals surface area contributed by atoms with Crippen LogP contribution in [0, 0.1) is 5.82 Å². The molecule has 0 aliphatic carbocycles. The molecule has 1 unspecified atom stereocenters. The summed E-state index contributed by atoms with van der Waals surface area (Å²) in [7, 11) is 3.03. The maximum Gasteiger partial charge on any atom is 0.165 e. The summed E-state index contributed by atoms with van der Waals surface area (Å²) in [6.45, 7) is 3.98. The van der Waals surface area contributed by atoms with Gasteiger partial charge in [0.1, 0.15) is 5.75 Å². The lowest BCUT2D eigenvalue weighted by atomic mass is 10.0. The van der Waals surface area contributed by atoms with E-state index in [0.29, 0.717) is 17.9 Å². The molecule has 4 nitrogen and oxygen atoms in total. The fraction of sp³-hybridized carbons (Fsp3) is 0.316. The second-order valence-corrected chi connectivity index (χ2v) is 5.58. The van der Waals surface area contributed by atoms with Gasteiger partial charge < -0.3 is 14.8 Å². The van der Waals surface area contributed by atoms with E-state index in [9.17, 15) is 9.18 Å². The zero-order chi connectivity index (χ0) is 17.7. The van der Waals surface area contributed by atoms with Crippen LogP contribution < -0.4 is 14.8 Å². The van der Waals surface area contributed by atoms with Gasteiger partial charge in [0.25, 0.3) is 0 Å². The molecule has 2 aromatic rings. The molecule has 0 amide bonds. The third kappa shape index (κ3) is 4.11. The number of halogens is 1. The molecule has 2 aromatic carbocycles. The molecule has 0 heterocycles. The number of rotatable bonds is 7. The molecule has 0 radical (unpaired) electrons. The van der Waals surface area contributed by atoms with Crippen molar-refractivity contribution in [1.29, 1.82) is 0 Å². The highest BCUT2D eigenvalue weighted by atomic mass is 19.1. The Bertz CT molecular complexity index is 731. The van der Waals surface area contributed by atoms with Gasteiger partial charge in [0, 0.05) is 23.7 Å². The first kappa shape index (κ1) is 17.9. The molecule has 128 valence electrons. The second kappa shape index (κ2) is 7.93. The first-order valence-electron chi connectivity index (χ1n) is 7.71. The standard InChI is InChI=1S/C19H22FNO3/c1-12(14-5-8-19(24-4)17(20)10-14)21-11-16-9-15(13(2)22)6-7-18(16)23-3/h5-10,12,21H,11H2,1-4H3. The summed E-state index contributed by atoms with van der Waals surface area (Å²) in [5.41, 5.74) is 2.33. The Kier molecular flexibility index (Phi) is 5.93. The highest BCUT2D eigenvalue weighted by molar-refractivity contribution is 5.94. The first-order chi connectivity index (χ1) is 11.5. The van der Waals surface area contributed by atoms with E-state index in [-0.39, 0.29) is 23.4 Å². The minimum Gasteiger partial charge on any atom is -0.496 e. The third-order valence-electron chi connectivity index (χ3n) is 3.96. The first-order valence-corrected chi connectivity index (χ1v) is 7.71. The number of Topliss-reactive ketones (excluding diaryl/α,β-unsaturated/α-hetero) is 1. The number of carbonyl (C=O) groups excluding carboxylic acids is 1.